The average molecular weight is 294 g/mol. The number of likely N-dealkylation sites (tertiary alicyclic amines) is 1. The summed E-state index contributed by atoms with van der Waals surface area (Å²) < 4.78 is 18.9. The van der Waals surface area contributed by atoms with Gasteiger partial charge in [-0.3, -0.25) is 0 Å². The van der Waals surface area contributed by atoms with Gasteiger partial charge in [-0.25, -0.2) is 9.18 Å². The third-order valence-corrected chi connectivity index (χ3v) is 3.50. The Balaban J connectivity index is 2.23. The Hall–Kier alpha value is -1.62. The van der Waals surface area contributed by atoms with E-state index in [0.717, 1.165) is 12.0 Å². The molecule has 2 rings (SSSR count). The molecular weight excluding hydrogens is 271 g/mol. The quantitative estimate of drug-likeness (QED) is 0.865. The highest BCUT2D eigenvalue weighted by Gasteiger charge is 2.34. The van der Waals surface area contributed by atoms with Gasteiger partial charge in [-0.2, -0.15) is 0 Å². The number of piperidine rings is 1. The van der Waals surface area contributed by atoms with Crippen LogP contribution < -0.4 is 5.73 Å². The lowest BCUT2D eigenvalue weighted by atomic mass is 9.92. The Bertz CT molecular complexity index is 513. The molecule has 0 bridgehead atoms. The van der Waals surface area contributed by atoms with Crippen molar-refractivity contribution in [3.8, 4) is 0 Å². The highest BCUT2D eigenvalue weighted by molar-refractivity contribution is 5.69. The molecule has 2 N–H and O–H groups in total. The molecular formula is C16H23FN2O2. The number of amides is 1. The third-order valence-electron chi connectivity index (χ3n) is 3.50. The van der Waals surface area contributed by atoms with Gasteiger partial charge in [0.2, 0.25) is 0 Å². The second kappa shape index (κ2) is 6.02. The summed E-state index contributed by atoms with van der Waals surface area (Å²) in [6.45, 7) is 6.02. The van der Waals surface area contributed by atoms with Crippen molar-refractivity contribution in [1.29, 1.82) is 0 Å². The molecule has 2 unspecified atom stereocenters. The minimum Gasteiger partial charge on any atom is -0.444 e. The standard InChI is InChI=1S/C16H23FN2O2/c1-16(2,3)21-15(20)19-8-7-13(18)10-14(19)11-5-4-6-12(17)9-11/h4-6,9,13-14H,7-8,10,18H2,1-3H3. The zero-order chi connectivity index (χ0) is 15.6. The van der Waals surface area contributed by atoms with Crippen LogP contribution in [0.25, 0.3) is 0 Å². The molecule has 0 saturated carbocycles. The first-order valence-corrected chi connectivity index (χ1v) is 7.27. The van der Waals surface area contributed by atoms with Gasteiger partial charge < -0.3 is 15.4 Å². The van der Waals surface area contributed by atoms with Crippen LogP contribution in [0.5, 0.6) is 0 Å². The van der Waals surface area contributed by atoms with Crippen molar-refractivity contribution in [3.63, 3.8) is 0 Å². The normalized spacial score (nSPS) is 23.0. The molecule has 4 nitrogen and oxygen atoms in total. The van der Waals surface area contributed by atoms with Gasteiger partial charge >= 0.3 is 6.09 Å². The van der Waals surface area contributed by atoms with E-state index in [-0.39, 0.29) is 24.0 Å². The number of benzene rings is 1. The lowest BCUT2D eigenvalue weighted by molar-refractivity contribution is 0.00793. The van der Waals surface area contributed by atoms with E-state index in [1.54, 1.807) is 11.0 Å². The minimum absolute atomic E-state index is 0.0111. The molecule has 1 aromatic carbocycles. The molecule has 1 aliphatic rings. The Kier molecular flexibility index (Phi) is 4.52. The molecule has 0 aromatic heterocycles. The zero-order valence-corrected chi connectivity index (χ0v) is 12.8. The third kappa shape index (κ3) is 4.17. The summed E-state index contributed by atoms with van der Waals surface area (Å²) in [5.41, 5.74) is 6.23. The highest BCUT2D eigenvalue weighted by Crippen LogP contribution is 2.32. The van der Waals surface area contributed by atoms with Crippen LogP contribution in [0.1, 0.15) is 45.2 Å². The van der Waals surface area contributed by atoms with E-state index in [1.807, 2.05) is 26.8 Å². The van der Waals surface area contributed by atoms with Crippen LogP contribution in [0.2, 0.25) is 0 Å². The molecule has 2 atom stereocenters. The summed E-state index contributed by atoms with van der Waals surface area (Å²) in [5, 5.41) is 0. The van der Waals surface area contributed by atoms with Gasteiger partial charge in [0, 0.05) is 12.6 Å². The fourth-order valence-electron chi connectivity index (χ4n) is 2.56. The Morgan fingerprint density at radius 1 is 1.43 bits per heavy atom. The number of hydrogen-bond acceptors (Lipinski definition) is 3. The fraction of sp³-hybridized carbons (Fsp3) is 0.562. The maximum atomic E-state index is 13.5. The van der Waals surface area contributed by atoms with Gasteiger partial charge in [-0.1, -0.05) is 12.1 Å². The van der Waals surface area contributed by atoms with Crippen molar-refractivity contribution >= 4 is 6.09 Å². The maximum Gasteiger partial charge on any atom is 0.410 e. The van der Waals surface area contributed by atoms with Gasteiger partial charge in [-0.15, -0.1) is 0 Å². The molecule has 1 aliphatic heterocycles. The van der Waals surface area contributed by atoms with Crippen LogP contribution in [0.3, 0.4) is 0 Å². The molecule has 1 fully saturated rings. The van der Waals surface area contributed by atoms with Gasteiger partial charge in [0.15, 0.2) is 0 Å². The topological polar surface area (TPSA) is 55.6 Å². The molecule has 0 spiro atoms. The summed E-state index contributed by atoms with van der Waals surface area (Å²) in [4.78, 5) is 14.0. The molecule has 1 amide bonds. The SMILES string of the molecule is CC(C)(C)OC(=O)N1CCC(N)CC1c1cccc(F)c1. The largest absolute Gasteiger partial charge is 0.444 e. The highest BCUT2D eigenvalue weighted by atomic mass is 19.1. The van der Waals surface area contributed by atoms with E-state index in [4.69, 9.17) is 10.5 Å². The van der Waals surface area contributed by atoms with Gasteiger partial charge in [0.1, 0.15) is 11.4 Å². The van der Waals surface area contributed by atoms with E-state index >= 15 is 0 Å². The average Bonchev–Trinajstić information content (AvgIpc) is 2.36. The van der Waals surface area contributed by atoms with Crippen LogP contribution in [0, 0.1) is 5.82 Å². The molecule has 0 radical (unpaired) electrons. The second-order valence-corrected chi connectivity index (χ2v) is 6.53. The smallest absolute Gasteiger partial charge is 0.410 e. The zero-order valence-electron chi connectivity index (χ0n) is 12.8. The summed E-state index contributed by atoms with van der Waals surface area (Å²) in [6, 6.07) is 6.10. The van der Waals surface area contributed by atoms with Crippen LogP contribution in [0.15, 0.2) is 24.3 Å². The van der Waals surface area contributed by atoms with Gasteiger partial charge in [0.25, 0.3) is 0 Å². The van der Waals surface area contributed by atoms with E-state index < -0.39 is 5.60 Å². The number of carbonyl (C=O) groups is 1. The van der Waals surface area contributed by atoms with Crippen LogP contribution in [-0.4, -0.2) is 29.2 Å². The van der Waals surface area contributed by atoms with Crippen molar-refractivity contribution in [3.05, 3.63) is 35.6 Å². The van der Waals surface area contributed by atoms with E-state index in [0.29, 0.717) is 13.0 Å². The Labute approximate surface area is 125 Å². The fourth-order valence-corrected chi connectivity index (χ4v) is 2.56. The summed E-state index contributed by atoms with van der Waals surface area (Å²) in [6.07, 6.45) is 0.969. The number of rotatable bonds is 1. The number of halogens is 1. The number of ether oxygens (including phenoxy) is 1. The number of nitrogens with zero attached hydrogens (tertiary/aromatic N) is 1. The van der Waals surface area contributed by atoms with Crippen molar-refractivity contribution < 1.29 is 13.9 Å². The molecule has 5 heteroatoms. The van der Waals surface area contributed by atoms with E-state index in [2.05, 4.69) is 0 Å². The summed E-state index contributed by atoms with van der Waals surface area (Å²) >= 11 is 0. The monoisotopic (exact) mass is 294 g/mol. The molecule has 1 aromatic rings. The second-order valence-electron chi connectivity index (χ2n) is 6.53. The van der Waals surface area contributed by atoms with E-state index in [1.165, 1.54) is 12.1 Å². The van der Waals surface area contributed by atoms with Crippen molar-refractivity contribution in [2.24, 2.45) is 5.73 Å². The molecule has 1 heterocycles. The first kappa shape index (κ1) is 15.8. The van der Waals surface area contributed by atoms with E-state index in [9.17, 15) is 9.18 Å². The first-order chi connectivity index (χ1) is 9.76. The van der Waals surface area contributed by atoms with Gasteiger partial charge in [0.05, 0.1) is 6.04 Å². The number of hydrogen-bond donors (Lipinski definition) is 1. The maximum absolute atomic E-state index is 13.5. The first-order valence-electron chi connectivity index (χ1n) is 7.27. The molecule has 0 aliphatic carbocycles. The number of carbonyl (C=O) groups excluding carboxylic acids is 1. The predicted molar refractivity (Wildman–Crippen MR) is 79.3 cm³/mol. The Morgan fingerprint density at radius 2 is 2.14 bits per heavy atom. The lowest BCUT2D eigenvalue weighted by Crippen LogP contribution is -2.46. The molecule has 116 valence electrons. The van der Waals surface area contributed by atoms with Crippen molar-refractivity contribution in [2.45, 2.75) is 51.3 Å². The van der Waals surface area contributed by atoms with Crippen molar-refractivity contribution in [1.82, 2.24) is 4.90 Å². The van der Waals surface area contributed by atoms with Crippen LogP contribution in [0.4, 0.5) is 9.18 Å². The summed E-state index contributed by atoms with van der Waals surface area (Å²) in [7, 11) is 0. The number of nitrogens with two attached hydrogens (primary N) is 1. The van der Waals surface area contributed by atoms with Crippen LogP contribution in [-0.2, 0) is 4.74 Å². The summed E-state index contributed by atoms with van der Waals surface area (Å²) in [5.74, 6) is -0.309. The molecule has 1 saturated heterocycles. The lowest BCUT2D eigenvalue weighted by Gasteiger charge is -2.39. The Morgan fingerprint density at radius 3 is 2.76 bits per heavy atom. The predicted octanol–water partition coefficient (Wildman–Crippen LogP) is 3.23. The van der Waals surface area contributed by atoms with Crippen molar-refractivity contribution in [2.75, 3.05) is 6.54 Å². The molecule has 21 heavy (non-hydrogen) atoms. The van der Waals surface area contributed by atoms with Gasteiger partial charge in [-0.05, 0) is 51.3 Å². The van der Waals surface area contributed by atoms with Crippen LogP contribution >= 0.6 is 0 Å². The minimum atomic E-state index is -0.552.